The molecule has 0 aromatic heterocycles. The lowest BCUT2D eigenvalue weighted by atomic mass is 9.99. The molecule has 0 heterocycles. The summed E-state index contributed by atoms with van der Waals surface area (Å²) in [6.45, 7) is 11.0. The van der Waals surface area contributed by atoms with E-state index in [1.807, 2.05) is 49.4 Å². The third-order valence-corrected chi connectivity index (χ3v) is 5.19. The van der Waals surface area contributed by atoms with Crippen LogP contribution < -0.4 is 10.6 Å². The summed E-state index contributed by atoms with van der Waals surface area (Å²) in [5.74, 6) is -1.31. The zero-order valence-electron chi connectivity index (χ0n) is 21.3. The predicted octanol–water partition coefficient (Wildman–Crippen LogP) is 4.32. The van der Waals surface area contributed by atoms with Gasteiger partial charge >= 0.3 is 6.09 Å². The van der Waals surface area contributed by atoms with Crippen molar-refractivity contribution in [3.05, 3.63) is 71.3 Å². The SMILES string of the molecule is C#CN(C(=O)C(NC(=O)OC(C)(C)C)C(C)C)C(C(=O)NCc1ccccc1)c1ccc(C)cc1. The summed E-state index contributed by atoms with van der Waals surface area (Å²) in [5, 5.41) is 5.50. The maximum absolute atomic E-state index is 13.6. The van der Waals surface area contributed by atoms with Crippen molar-refractivity contribution >= 4 is 17.9 Å². The van der Waals surface area contributed by atoms with E-state index in [0.29, 0.717) is 5.56 Å². The predicted molar refractivity (Wildman–Crippen MR) is 136 cm³/mol. The number of alkyl carbamates (subject to hydrolysis) is 1. The molecule has 35 heavy (non-hydrogen) atoms. The number of rotatable bonds is 8. The van der Waals surface area contributed by atoms with Gasteiger partial charge < -0.3 is 15.4 Å². The van der Waals surface area contributed by atoms with Gasteiger partial charge in [0.05, 0.1) is 0 Å². The van der Waals surface area contributed by atoms with E-state index in [1.165, 1.54) is 0 Å². The lowest BCUT2D eigenvalue weighted by Gasteiger charge is -2.31. The fourth-order valence-electron chi connectivity index (χ4n) is 3.41. The molecule has 0 bridgehead atoms. The molecule has 3 amide bonds. The summed E-state index contributed by atoms with van der Waals surface area (Å²) >= 11 is 0. The number of aryl methyl sites for hydroxylation is 1. The monoisotopic (exact) mass is 477 g/mol. The van der Waals surface area contributed by atoms with Crippen LogP contribution in [0.15, 0.2) is 54.6 Å². The Morgan fingerprint density at radius 3 is 2.14 bits per heavy atom. The van der Waals surface area contributed by atoms with Gasteiger partial charge in [-0.15, -0.1) is 0 Å². The molecule has 2 unspecified atom stereocenters. The topological polar surface area (TPSA) is 87.7 Å². The third-order valence-electron chi connectivity index (χ3n) is 5.19. The van der Waals surface area contributed by atoms with Crippen molar-refractivity contribution in [1.82, 2.24) is 15.5 Å². The number of carbonyl (C=O) groups excluding carboxylic acids is 3. The van der Waals surface area contributed by atoms with Crippen LogP contribution in [-0.4, -0.2) is 34.5 Å². The summed E-state index contributed by atoms with van der Waals surface area (Å²) in [5.41, 5.74) is 1.74. The molecule has 2 aromatic carbocycles. The molecular formula is C28H35N3O4. The molecule has 7 nitrogen and oxygen atoms in total. The van der Waals surface area contributed by atoms with Crippen LogP contribution in [0.5, 0.6) is 0 Å². The van der Waals surface area contributed by atoms with Gasteiger partial charge in [0.2, 0.25) is 5.91 Å². The van der Waals surface area contributed by atoms with Crippen LogP contribution in [0.3, 0.4) is 0 Å². The molecule has 0 fully saturated rings. The second kappa shape index (κ2) is 12.1. The van der Waals surface area contributed by atoms with Crippen LogP contribution in [0.2, 0.25) is 0 Å². The maximum Gasteiger partial charge on any atom is 0.408 e. The molecule has 2 rings (SSSR count). The molecule has 0 saturated heterocycles. The van der Waals surface area contributed by atoms with Crippen LogP contribution in [0, 0.1) is 25.3 Å². The van der Waals surface area contributed by atoms with Gasteiger partial charge in [-0.25, -0.2) is 4.79 Å². The lowest BCUT2D eigenvalue weighted by molar-refractivity contribution is -0.139. The van der Waals surface area contributed by atoms with Crippen LogP contribution in [-0.2, 0) is 20.9 Å². The van der Waals surface area contributed by atoms with Gasteiger partial charge in [-0.3, -0.25) is 14.5 Å². The molecule has 2 aromatic rings. The van der Waals surface area contributed by atoms with Gasteiger partial charge in [0.15, 0.2) is 0 Å². The minimum atomic E-state index is -1.08. The number of nitrogens with one attached hydrogen (secondary N) is 2. The highest BCUT2D eigenvalue weighted by Gasteiger charge is 2.37. The van der Waals surface area contributed by atoms with Gasteiger partial charge in [0, 0.05) is 12.6 Å². The Bertz CT molecular complexity index is 1050. The third kappa shape index (κ3) is 8.18. The molecule has 0 aliphatic carbocycles. The van der Waals surface area contributed by atoms with Crippen LogP contribution in [0.25, 0.3) is 0 Å². The van der Waals surface area contributed by atoms with Crippen molar-refractivity contribution in [3.63, 3.8) is 0 Å². The summed E-state index contributed by atoms with van der Waals surface area (Å²) in [6, 6.07) is 17.0. The molecule has 0 radical (unpaired) electrons. The minimum absolute atomic E-state index is 0.276. The number of amides is 3. The normalized spacial score (nSPS) is 12.7. The number of benzene rings is 2. The van der Waals surface area contributed by atoms with Gasteiger partial charge in [-0.1, -0.05) is 80.4 Å². The van der Waals surface area contributed by atoms with E-state index in [4.69, 9.17) is 11.2 Å². The molecular weight excluding hydrogens is 442 g/mol. The van der Waals surface area contributed by atoms with E-state index in [1.54, 1.807) is 46.8 Å². The number of nitrogens with zero attached hydrogens (tertiary/aromatic N) is 1. The van der Waals surface area contributed by atoms with Crippen LogP contribution in [0.1, 0.15) is 57.4 Å². The first kappa shape index (κ1) is 27.5. The molecule has 0 saturated carbocycles. The van der Waals surface area contributed by atoms with Crippen LogP contribution >= 0.6 is 0 Å². The van der Waals surface area contributed by atoms with Crippen molar-refractivity contribution < 1.29 is 19.1 Å². The summed E-state index contributed by atoms with van der Waals surface area (Å²) in [7, 11) is 0. The molecule has 2 N–H and O–H groups in total. The highest BCUT2D eigenvalue weighted by atomic mass is 16.6. The Kier molecular flexibility index (Phi) is 9.47. The summed E-state index contributed by atoms with van der Waals surface area (Å²) < 4.78 is 5.32. The molecule has 0 spiro atoms. The van der Waals surface area contributed by atoms with Crippen molar-refractivity contribution in [2.24, 2.45) is 5.92 Å². The smallest absolute Gasteiger partial charge is 0.408 e. The zero-order valence-corrected chi connectivity index (χ0v) is 21.3. The zero-order chi connectivity index (χ0) is 26.2. The van der Waals surface area contributed by atoms with Crippen molar-refractivity contribution in [2.75, 3.05) is 0 Å². The van der Waals surface area contributed by atoms with E-state index < -0.39 is 35.6 Å². The number of carbonyl (C=O) groups is 3. The van der Waals surface area contributed by atoms with Crippen molar-refractivity contribution in [1.29, 1.82) is 0 Å². The van der Waals surface area contributed by atoms with Gasteiger partial charge in [0.25, 0.3) is 5.91 Å². The first-order valence-corrected chi connectivity index (χ1v) is 11.6. The van der Waals surface area contributed by atoms with E-state index in [0.717, 1.165) is 16.0 Å². The Hall–Kier alpha value is -3.79. The largest absolute Gasteiger partial charge is 0.444 e. The van der Waals surface area contributed by atoms with Crippen molar-refractivity contribution in [2.45, 2.75) is 65.8 Å². The highest BCUT2D eigenvalue weighted by molar-refractivity contribution is 5.93. The molecule has 2 atom stereocenters. The molecule has 7 heteroatoms. The van der Waals surface area contributed by atoms with Crippen LogP contribution in [0.4, 0.5) is 4.79 Å². The summed E-state index contributed by atoms with van der Waals surface area (Å²) in [4.78, 5) is 40.5. The Labute approximate surface area is 208 Å². The number of hydrogen-bond donors (Lipinski definition) is 2. The lowest BCUT2D eigenvalue weighted by Crippen LogP contribution is -2.53. The quantitative estimate of drug-likeness (QED) is 0.438. The molecule has 186 valence electrons. The highest BCUT2D eigenvalue weighted by Crippen LogP contribution is 2.24. The van der Waals surface area contributed by atoms with E-state index in [2.05, 4.69) is 16.7 Å². The van der Waals surface area contributed by atoms with Gasteiger partial charge in [-0.2, -0.15) is 0 Å². The van der Waals surface area contributed by atoms with E-state index in [-0.39, 0.29) is 12.5 Å². The number of ether oxygens (including phenoxy) is 1. The average molecular weight is 478 g/mol. The number of terminal acetylenes is 1. The number of hydrogen-bond acceptors (Lipinski definition) is 4. The minimum Gasteiger partial charge on any atom is -0.444 e. The fraction of sp³-hybridized carbons (Fsp3) is 0.393. The molecule has 0 aliphatic rings. The second-order valence-electron chi connectivity index (χ2n) is 9.72. The second-order valence-corrected chi connectivity index (χ2v) is 9.72. The van der Waals surface area contributed by atoms with Gasteiger partial charge in [-0.05, 0) is 44.7 Å². The first-order chi connectivity index (χ1) is 16.4. The first-order valence-electron chi connectivity index (χ1n) is 11.6. The Morgan fingerprint density at radius 1 is 1.03 bits per heavy atom. The molecule has 0 aliphatic heterocycles. The van der Waals surface area contributed by atoms with E-state index >= 15 is 0 Å². The van der Waals surface area contributed by atoms with E-state index in [9.17, 15) is 14.4 Å². The Balaban J connectivity index is 2.36. The van der Waals surface area contributed by atoms with Crippen molar-refractivity contribution in [3.8, 4) is 12.5 Å². The maximum atomic E-state index is 13.6. The average Bonchev–Trinajstić information content (AvgIpc) is 2.79. The fourth-order valence-corrected chi connectivity index (χ4v) is 3.41. The standard InChI is InChI=1S/C28H35N3O4/c1-8-31(26(33)23(19(2)3)30-27(34)35-28(5,6)7)24(22-16-14-20(4)15-17-22)25(32)29-18-21-12-10-9-11-13-21/h1,9-17,19,23-24H,18H2,2-7H3,(H,29,32)(H,30,34). The summed E-state index contributed by atoms with van der Waals surface area (Å²) in [6.07, 6.45) is 5.05. The van der Waals surface area contributed by atoms with Gasteiger partial charge in [0.1, 0.15) is 17.7 Å². The Morgan fingerprint density at radius 2 is 1.63 bits per heavy atom.